The number of likely N-dealkylation sites (N-methyl/N-ethyl adjacent to an activating group) is 1. The molecule has 1 fully saturated rings. The molecular formula is C18H21NO2. The fraction of sp³-hybridized carbons (Fsp3) is 0.333. The molecule has 1 aliphatic rings. The van der Waals surface area contributed by atoms with Crippen LogP contribution in [0.5, 0.6) is 5.75 Å². The lowest BCUT2D eigenvalue weighted by Gasteiger charge is -2.21. The summed E-state index contributed by atoms with van der Waals surface area (Å²) in [4.78, 5) is 2.28. The lowest BCUT2D eigenvalue weighted by atomic mass is 10.0. The summed E-state index contributed by atoms with van der Waals surface area (Å²) >= 11 is 0. The van der Waals surface area contributed by atoms with Gasteiger partial charge in [0.15, 0.2) is 0 Å². The maximum atomic E-state index is 6.32. The molecule has 2 aromatic rings. The fourth-order valence-electron chi connectivity index (χ4n) is 2.86. The molecule has 0 spiro atoms. The van der Waals surface area contributed by atoms with Crippen LogP contribution >= 0.6 is 0 Å². The van der Waals surface area contributed by atoms with E-state index in [0.717, 1.165) is 11.3 Å². The van der Waals surface area contributed by atoms with E-state index in [-0.39, 0.29) is 12.3 Å². The maximum absolute atomic E-state index is 6.32. The van der Waals surface area contributed by atoms with Crippen LogP contribution in [0.3, 0.4) is 0 Å². The summed E-state index contributed by atoms with van der Waals surface area (Å²) in [5, 5.41) is 0. The second kappa shape index (κ2) is 5.88. The molecular weight excluding hydrogens is 262 g/mol. The van der Waals surface area contributed by atoms with E-state index in [1.807, 2.05) is 18.2 Å². The normalized spacial score (nSPS) is 26.0. The predicted octanol–water partition coefficient (Wildman–Crippen LogP) is 3.79. The summed E-state index contributed by atoms with van der Waals surface area (Å²) < 4.78 is 11.5. The summed E-state index contributed by atoms with van der Waals surface area (Å²) in [6.45, 7) is 2.21. The average Bonchev–Trinajstić information content (AvgIpc) is 2.84. The molecule has 0 aliphatic carbocycles. The molecule has 3 heteroatoms. The molecule has 0 radical (unpaired) electrons. The van der Waals surface area contributed by atoms with Crippen molar-refractivity contribution in [2.45, 2.75) is 25.3 Å². The molecule has 1 saturated heterocycles. The molecule has 3 rings (SSSR count). The van der Waals surface area contributed by atoms with Crippen LogP contribution in [-0.2, 0) is 4.74 Å². The van der Waals surface area contributed by atoms with Gasteiger partial charge in [-0.25, -0.2) is 0 Å². The summed E-state index contributed by atoms with van der Waals surface area (Å²) in [5.74, 6) is 0.868. The molecule has 1 unspecified atom stereocenters. The van der Waals surface area contributed by atoms with Crippen molar-refractivity contribution in [2.75, 3.05) is 14.2 Å². The van der Waals surface area contributed by atoms with Gasteiger partial charge in [0.2, 0.25) is 0 Å². The van der Waals surface area contributed by atoms with Gasteiger partial charge in [-0.15, -0.1) is 0 Å². The van der Waals surface area contributed by atoms with E-state index < -0.39 is 0 Å². The van der Waals surface area contributed by atoms with Gasteiger partial charge in [-0.2, -0.15) is 0 Å². The quantitative estimate of drug-likeness (QED) is 0.855. The van der Waals surface area contributed by atoms with E-state index >= 15 is 0 Å². The van der Waals surface area contributed by atoms with Crippen LogP contribution in [0.15, 0.2) is 54.6 Å². The summed E-state index contributed by atoms with van der Waals surface area (Å²) in [5.41, 5.74) is 2.39. The number of methoxy groups -OCH3 is 1. The van der Waals surface area contributed by atoms with Gasteiger partial charge in [0.25, 0.3) is 0 Å². The van der Waals surface area contributed by atoms with Gasteiger partial charge in [-0.05, 0) is 37.2 Å². The minimum Gasteiger partial charge on any atom is -0.497 e. The minimum absolute atomic E-state index is 0.0175. The van der Waals surface area contributed by atoms with Crippen LogP contribution in [0.25, 0.3) is 0 Å². The average molecular weight is 283 g/mol. The Morgan fingerprint density at radius 1 is 0.952 bits per heavy atom. The highest BCUT2D eigenvalue weighted by Gasteiger charge is 2.38. The second-order valence-electron chi connectivity index (χ2n) is 5.50. The largest absolute Gasteiger partial charge is 0.497 e. The third-order valence-electron chi connectivity index (χ3n) is 4.26. The summed E-state index contributed by atoms with van der Waals surface area (Å²) in [6, 6.07) is 18.8. The first-order valence-electron chi connectivity index (χ1n) is 7.27. The van der Waals surface area contributed by atoms with E-state index in [9.17, 15) is 0 Å². The van der Waals surface area contributed by atoms with Crippen LogP contribution in [-0.4, -0.2) is 25.1 Å². The number of hydrogen-bond donors (Lipinski definition) is 0. The highest BCUT2D eigenvalue weighted by molar-refractivity contribution is 5.29. The van der Waals surface area contributed by atoms with Gasteiger partial charge in [-0.3, -0.25) is 4.90 Å². The van der Waals surface area contributed by atoms with E-state index in [1.54, 1.807) is 7.11 Å². The topological polar surface area (TPSA) is 21.7 Å². The highest BCUT2D eigenvalue weighted by atomic mass is 16.5. The Hall–Kier alpha value is -1.84. The Balaban J connectivity index is 1.84. The maximum Gasteiger partial charge on any atom is 0.137 e. The molecule has 0 amide bonds. The number of nitrogens with zero attached hydrogens (tertiary/aromatic N) is 1. The molecule has 1 heterocycles. The van der Waals surface area contributed by atoms with Crippen LogP contribution in [0.2, 0.25) is 0 Å². The first kappa shape index (κ1) is 14.1. The molecule has 2 aromatic carbocycles. The van der Waals surface area contributed by atoms with E-state index in [0.29, 0.717) is 6.04 Å². The number of benzene rings is 2. The first-order valence-corrected chi connectivity index (χ1v) is 7.27. The lowest BCUT2D eigenvalue weighted by Crippen LogP contribution is -2.27. The number of rotatable bonds is 3. The number of ether oxygens (including phenoxy) is 2. The monoisotopic (exact) mass is 283 g/mol. The first-order chi connectivity index (χ1) is 10.2. The van der Waals surface area contributed by atoms with Crippen molar-refractivity contribution >= 4 is 0 Å². The third-order valence-corrected chi connectivity index (χ3v) is 4.26. The molecule has 3 nitrogen and oxygen atoms in total. The van der Waals surface area contributed by atoms with Crippen molar-refractivity contribution in [3.8, 4) is 5.75 Å². The Bertz CT molecular complexity index is 582. The second-order valence-corrected chi connectivity index (χ2v) is 5.50. The predicted molar refractivity (Wildman–Crippen MR) is 83.2 cm³/mol. The van der Waals surface area contributed by atoms with Crippen molar-refractivity contribution in [1.82, 2.24) is 4.90 Å². The smallest absolute Gasteiger partial charge is 0.137 e. The summed E-state index contributed by atoms with van der Waals surface area (Å²) in [6.07, 6.45) is 0.0828. The number of hydrogen-bond acceptors (Lipinski definition) is 3. The Kier molecular flexibility index (Phi) is 3.95. The van der Waals surface area contributed by atoms with Crippen molar-refractivity contribution in [3.63, 3.8) is 0 Å². The van der Waals surface area contributed by atoms with Crippen molar-refractivity contribution in [3.05, 3.63) is 65.7 Å². The zero-order chi connectivity index (χ0) is 14.8. The van der Waals surface area contributed by atoms with Gasteiger partial charge in [0, 0.05) is 6.04 Å². The SMILES string of the molecule is COc1ccc(C2O[C@H](c3ccccc3)[C@H](C)N2C)cc1. The van der Waals surface area contributed by atoms with Gasteiger partial charge in [0.1, 0.15) is 18.1 Å². The Morgan fingerprint density at radius 2 is 1.62 bits per heavy atom. The van der Waals surface area contributed by atoms with Crippen LogP contribution in [0.4, 0.5) is 0 Å². The van der Waals surface area contributed by atoms with Crippen LogP contribution < -0.4 is 4.74 Å². The standard InChI is InChI=1S/C18H21NO2/c1-13-17(14-7-5-4-6-8-14)21-18(19(13)2)15-9-11-16(20-3)12-10-15/h4-13,17-18H,1-3H3/t13-,17-,18?/m0/s1. The Labute approximate surface area is 126 Å². The van der Waals surface area contributed by atoms with Crippen molar-refractivity contribution in [1.29, 1.82) is 0 Å². The molecule has 0 aromatic heterocycles. The molecule has 0 N–H and O–H groups in total. The van der Waals surface area contributed by atoms with Crippen molar-refractivity contribution in [2.24, 2.45) is 0 Å². The Morgan fingerprint density at radius 3 is 2.24 bits per heavy atom. The third kappa shape index (κ3) is 2.67. The summed E-state index contributed by atoms with van der Waals surface area (Å²) in [7, 11) is 3.79. The van der Waals surface area contributed by atoms with E-state index in [1.165, 1.54) is 5.56 Å². The van der Waals surface area contributed by atoms with E-state index in [4.69, 9.17) is 9.47 Å². The van der Waals surface area contributed by atoms with Crippen LogP contribution in [0.1, 0.15) is 30.4 Å². The fourth-order valence-corrected chi connectivity index (χ4v) is 2.86. The van der Waals surface area contributed by atoms with Crippen LogP contribution in [0, 0.1) is 0 Å². The zero-order valence-electron chi connectivity index (χ0n) is 12.7. The molecule has 21 heavy (non-hydrogen) atoms. The zero-order valence-corrected chi connectivity index (χ0v) is 12.7. The minimum atomic E-state index is -0.0175. The highest BCUT2D eigenvalue weighted by Crippen LogP contribution is 2.41. The van der Waals surface area contributed by atoms with E-state index in [2.05, 4.69) is 55.3 Å². The van der Waals surface area contributed by atoms with Gasteiger partial charge >= 0.3 is 0 Å². The molecule has 1 aliphatic heterocycles. The van der Waals surface area contributed by atoms with Crippen molar-refractivity contribution < 1.29 is 9.47 Å². The molecule has 110 valence electrons. The molecule has 0 bridgehead atoms. The van der Waals surface area contributed by atoms with Gasteiger partial charge in [0.05, 0.1) is 7.11 Å². The molecule has 0 saturated carbocycles. The van der Waals surface area contributed by atoms with Gasteiger partial charge < -0.3 is 9.47 Å². The lowest BCUT2D eigenvalue weighted by molar-refractivity contribution is 0.00558. The molecule has 3 atom stereocenters. The van der Waals surface area contributed by atoms with Gasteiger partial charge in [-0.1, -0.05) is 42.5 Å².